The van der Waals surface area contributed by atoms with Crippen LogP contribution in [0.15, 0.2) is 16.6 Å². The zero-order valence-electron chi connectivity index (χ0n) is 8.81. The molecule has 1 fully saturated rings. The predicted octanol–water partition coefficient (Wildman–Crippen LogP) is 3.25. The fourth-order valence-electron chi connectivity index (χ4n) is 2.08. The fourth-order valence-corrected chi connectivity index (χ4v) is 2.44. The Labute approximate surface area is 105 Å². The molecule has 2 rings (SSSR count). The van der Waals surface area contributed by atoms with Gasteiger partial charge in [-0.05, 0) is 52.5 Å². The molecule has 2 N–H and O–H groups in total. The van der Waals surface area contributed by atoms with E-state index < -0.39 is 11.7 Å². The molecule has 0 aromatic heterocycles. The Morgan fingerprint density at radius 2 is 2.06 bits per heavy atom. The van der Waals surface area contributed by atoms with E-state index in [1.807, 2.05) is 0 Å². The monoisotopic (exact) mass is 309 g/mol. The van der Waals surface area contributed by atoms with Gasteiger partial charge in [-0.2, -0.15) is 13.2 Å². The van der Waals surface area contributed by atoms with E-state index >= 15 is 0 Å². The third kappa shape index (κ3) is 2.57. The van der Waals surface area contributed by atoms with Gasteiger partial charge in [-0.3, -0.25) is 0 Å². The predicted molar refractivity (Wildman–Crippen MR) is 61.0 cm³/mol. The fraction of sp³-hybridized carbons (Fsp3) is 0.455. The van der Waals surface area contributed by atoms with Crippen LogP contribution >= 0.6 is 15.9 Å². The summed E-state index contributed by atoms with van der Waals surface area (Å²) in [5, 5.41) is 12.4. The normalized spacial score (nSPS) is 20.8. The van der Waals surface area contributed by atoms with Crippen molar-refractivity contribution >= 4 is 15.9 Å². The van der Waals surface area contributed by atoms with E-state index in [1.54, 1.807) is 0 Å². The molecule has 1 unspecified atom stereocenters. The van der Waals surface area contributed by atoms with Crippen LogP contribution in [0.2, 0.25) is 0 Å². The van der Waals surface area contributed by atoms with Crippen molar-refractivity contribution in [1.82, 2.24) is 5.32 Å². The average molecular weight is 310 g/mol. The minimum absolute atomic E-state index is 0.150. The zero-order valence-corrected chi connectivity index (χ0v) is 10.4. The highest BCUT2D eigenvalue weighted by molar-refractivity contribution is 9.10. The molecule has 1 saturated heterocycles. The van der Waals surface area contributed by atoms with Crippen LogP contribution in [0, 0.1) is 0 Å². The van der Waals surface area contributed by atoms with Crippen molar-refractivity contribution in [2.45, 2.75) is 18.5 Å². The topological polar surface area (TPSA) is 32.3 Å². The molecule has 0 bridgehead atoms. The summed E-state index contributed by atoms with van der Waals surface area (Å²) in [4.78, 5) is 0. The van der Waals surface area contributed by atoms with E-state index in [9.17, 15) is 18.3 Å². The number of nitrogens with one attached hydrogen (secondary N) is 1. The minimum Gasteiger partial charge on any atom is -0.507 e. The van der Waals surface area contributed by atoms with E-state index in [0.29, 0.717) is 17.4 Å². The van der Waals surface area contributed by atoms with Gasteiger partial charge in [0, 0.05) is 6.54 Å². The summed E-state index contributed by atoms with van der Waals surface area (Å²) in [6.07, 6.45) is -3.75. The Balaban J connectivity index is 2.51. The third-order valence-corrected chi connectivity index (χ3v) is 3.56. The molecular formula is C11H11BrF3NO. The van der Waals surface area contributed by atoms with Gasteiger partial charge in [0.25, 0.3) is 0 Å². The van der Waals surface area contributed by atoms with Crippen LogP contribution in [0.1, 0.15) is 23.5 Å². The van der Waals surface area contributed by atoms with Gasteiger partial charge in [-0.1, -0.05) is 0 Å². The standard InChI is InChI=1S/C11H11BrF3NO/c12-9-3-7(6-1-2-16-5-6)8(4-10(9)17)11(13,14)15/h3-4,6,16-17H,1-2,5H2. The van der Waals surface area contributed by atoms with E-state index in [1.165, 1.54) is 6.07 Å². The van der Waals surface area contributed by atoms with Gasteiger partial charge in [0.05, 0.1) is 10.0 Å². The van der Waals surface area contributed by atoms with Crippen LogP contribution in [0.4, 0.5) is 13.2 Å². The summed E-state index contributed by atoms with van der Waals surface area (Å²) < 4.78 is 38.9. The summed E-state index contributed by atoms with van der Waals surface area (Å²) in [6.45, 7) is 1.26. The van der Waals surface area contributed by atoms with E-state index in [4.69, 9.17) is 0 Å². The molecule has 2 nitrogen and oxygen atoms in total. The molecule has 0 amide bonds. The summed E-state index contributed by atoms with van der Waals surface area (Å²) in [5.41, 5.74) is -0.501. The van der Waals surface area contributed by atoms with Crippen LogP contribution in [-0.4, -0.2) is 18.2 Å². The average Bonchev–Trinajstić information content (AvgIpc) is 2.73. The number of alkyl halides is 3. The van der Waals surface area contributed by atoms with Gasteiger partial charge in [0.15, 0.2) is 0 Å². The number of hydrogen-bond acceptors (Lipinski definition) is 2. The molecule has 0 spiro atoms. The Morgan fingerprint density at radius 1 is 1.35 bits per heavy atom. The number of halogens is 4. The lowest BCUT2D eigenvalue weighted by atomic mass is 9.93. The van der Waals surface area contributed by atoms with Gasteiger partial charge >= 0.3 is 6.18 Å². The highest BCUT2D eigenvalue weighted by atomic mass is 79.9. The molecule has 1 aliphatic rings. The number of hydrogen-bond donors (Lipinski definition) is 2. The molecule has 1 aliphatic heterocycles. The molecular weight excluding hydrogens is 299 g/mol. The van der Waals surface area contributed by atoms with Gasteiger partial charge in [-0.25, -0.2) is 0 Å². The van der Waals surface area contributed by atoms with Crippen LogP contribution in [0.5, 0.6) is 5.75 Å². The second kappa shape index (κ2) is 4.49. The van der Waals surface area contributed by atoms with Crippen molar-refractivity contribution in [3.8, 4) is 5.75 Å². The third-order valence-electron chi connectivity index (χ3n) is 2.92. The van der Waals surface area contributed by atoms with Crippen molar-refractivity contribution in [3.05, 3.63) is 27.7 Å². The summed E-state index contributed by atoms with van der Waals surface area (Å²) in [7, 11) is 0. The Kier molecular flexibility index (Phi) is 3.36. The van der Waals surface area contributed by atoms with Gasteiger partial charge < -0.3 is 10.4 Å². The molecule has 17 heavy (non-hydrogen) atoms. The zero-order chi connectivity index (χ0) is 12.6. The Bertz CT molecular complexity index is 427. The van der Waals surface area contributed by atoms with E-state index in [2.05, 4.69) is 21.2 Å². The van der Waals surface area contributed by atoms with Crippen molar-refractivity contribution < 1.29 is 18.3 Å². The van der Waals surface area contributed by atoms with Gasteiger partial charge in [0.1, 0.15) is 5.75 Å². The molecule has 0 saturated carbocycles. The Morgan fingerprint density at radius 3 is 2.59 bits per heavy atom. The lowest BCUT2D eigenvalue weighted by Crippen LogP contribution is -2.14. The molecule has 6 heteroatoms. The number of phenols is 1. The maximum absolute atomic E-state index is 12.9. The summed E-state index contributed by atoms with van der Waals surface area (Å²) >= 11 is 3.06. The highest BCUT2D eigenvalue weighted by Gasteiger charge is 2.36. The second-order valence-electron chi connectivity index (χ2n) is 4.08. The molecule has 0 aliphatic carbocycles. The molecule has 94 valence electrons. The first-order chi connectivity index (χ1) is 7.89. The quantitative estimate of drug-likeness (QED) is 0.834. The van der Waals surface area contributed by atoms with Crippen LogP contribution in [0.25, 0.3) is 0 Å². The van der Waals surface area contributed by atoms with E-state index in [0.717, 1.165) is 12.6 Å². The first-order valence-corrected chi connectivity index (χ1v) is 5.99. The van der Waals surface area contributed by atoms with Crippen LogP contribution in [-0.2, 0) is 6.18 Å². The lowest BCUT2D eigenvalue weighted by molar-refractivity contribution is -0.138. The maximum Gasteiger partial charge on any atom is 0.416 e. The number of aromatic hydroxyl groups is 1. The van der Waals surface area contributed by atoms with E-state index in [-0.39, 0.29) is 17.2 Å². The summed E-state index contributed by atoms with van der Waals surface area (Å²) in [6, 6.07) is 2.16. The number of rotatable bonds is 1. The maximum atomic E-state index is 12.9. The van der Waals surface area contributed by atoms with Crippen molar-refractivity contribution in [3.63, 3.8) is 0 Å². The first kappa shape index (κ1) is 12.7. The molecule has 1 aromatic rings. The van der Waals surface area contributed by atoms with Crippen LogP contribution < -0.4 is 5.32 Å². The van der Waals surface area contributed by atoms with Crippen molar-refractivity contribution in [2.75, 3.05) is 13.1 Å². The SMILES string of the molecule is Oc1cc(C(F)(F)F)c(C2CCNC2)cc1Br. The van der Waals surface area contributed by atoms with Gasteiger partial charge in [-0.15, -0.1) is 0 Å². The largest absolute Gasteiger partial charge is 0.507 e. The summed E-state index contributed by atoms with van der Waals surface area (Å²) in [5.74, 6) is -0.532. The minimum atomic E-state index is -4.43. The molecule has 0 radical (unpaired) electrons. The second-order valence-corrected chi connectivity index (χ2v) is 4.93. The highest BCUT2D eigenvalue weighted by Crippen LogP contribution is 2.41. The number of phenolic OH excluding ortho intramolecular Hbond substituents is 1. The van der Waals surface area contributed by atoms with Crippen molar-refractivity contribution in [1.29, 1.82) is 0 Å². The number of benzene rings is 1. The van der Waals surface area contributed by atoms with Gasteiger partial charge in [0.2, 0.25) is 0 Å². The molecule has 1 atom stereocenters. The Hall–Kier alpha value is -0.750. The lowest BCUT2D eigenvalue weighted by Gasteiger charge is -2.18. The first-order valence-electron chi connectivity index (χ1n) is 5.20. The molecule has 1 heterocycles. The van der Waals surface area contributed by atoms with Crippen molar-refractivity contribution in [2.24, 2.45) is 0 Å². The smallest absolute Gasteiger partial charge is 0.416 e. The molecule has 1 aromatic carbocycles. The van der Waals surface area contributed by atoms with Crippen LogP contribution in [0.3, 0.4) is 0 Å².